The van der Waals surface area contributed by atoms with E-state index in [1.807, 2.05) is 0 Å². The number of nitrogens with one attached hydrogen (secondary N) is 2. The van der Waals surface area contributed by atoms with Crippen LogP contribution in [0.3, 0.4) is 0 Å². The van der Waals surface area contributed by atoms with Crippen molar-refractivity contribution in [2.75, 3.05) is 10.6 Å². The Morgan fingerprint density at radius 1 is 1.09 bits per heavy atom. The molecule has 2 heterocycles. The Morgan fingerprint density at radius 3 is 2.21 bits per heavy atom. The summed E-state index contributed by atoms with van der Waals surface area (Å²) in [4.78, 5) is 25.0. The lowest BCUT2D eigenvalue weighted by Crippen LogP contribution is -2.26. The first kappa shape index (κ1) is 23.0. The summed E-state index contributed by atoms with van der Waals surface area (Å²) in [6.07, 6.45) is -1.47. The zero-order valence-electron chi connectivity index (χ0n) is 17.7. The van der Waals surface area contributed by atoms with Crippen LogP contribution in [0.2, 0.25) is 0 Å². The second kappa shape index (κ2) is 8.65. The highest BCUT2D eigenvalue weighted by molar-refractivity contribution is 9.10. The number of hydrogen-bond donors (Lipinski definition) is 2. The third-order valence-corrected chi connectivity index (χ3v) is 6.00. The minimum atomic E-state index is -4.63. The van der Waals surface area contributed by atoms with Gasteiger partial charge in [0, 0.05) is 30.5 Å². The zero-order valence-corrected chi connectivity index (χ0v) is 19.2. The van der Waals surface area contributed by atoms with Gasteiger partial charge in [0.15, 0.2) is 11.4 Å². The minimum absolute atomic E-state index is 0.0553. The first-order valence-corrected chi connectivity index (χ1v) is 10.9. The number of hydrogen-bond acceptors (Lipinski definition) is 4. The van der Waals surface area contributed by atoms with Crippen molar-refractivity contribution in [1.82, 2.24) is 19.6 Å². The molecule has 3 aromatic rings. The topological polar surface area (TPSA) is 93.8 Å². The van der Waals surface area contributed by atoms with Gasteiger partial charge in [-0.1, -0.05) is 0 Å². The third kappa shape index (κ3) is 4.95. The van der Waals surface area contributed by atoms with Crippen LogP contribution in [0.25, 0.3) is 0 Å². The van der Waals surface area contributed by atoms with Crippen molar-refractivity contribution in [3.05, 3.63) is 58.1 Å². The predicted octanol–water partition coefficient (Wildman–Crippen LogP) is 4.73. The Balaban J connectivity index is 1.46. The van der Waals surface area contributed by atoms with Gasteiger partial charge in [-0.25, -0.2) is 0 Å². The molecular formula is C21H20BrF3N6O2. The van der Waals surface area contributed by atoms with Crippen molar-refractivity contribution >= 4 is 39.1 Å². The van der Waals surface area contributed by atoms with Crippen LogP contribution in [0, 0.1) is 0 Å². The molecule has 1 aliphatic carbocycles. The highest BCUT2D eigenvalue weighted by Gasteiger charge is 2.43. The lowest BCUT2D eigenvalue weighted by molar-refractivity contribution is -0.142. The average Bonchev–Trinajstić information content (AvgIpc) is 3.38. The van der Waals surface area contributed by atoms with Gasteiger partial charge in [0.05, 0.1) is 10.2 Å². The van der Waals surface area contributed by atoms with Crippen LogP contribution < -0.4 is 10.6 Å². The maximum Gasteiger partial charge on any atom is 0.436 e. The normalized spacial score (nSPS) is 14.7. The Bertz CT molecular complexity index is 1200. The van der Waals surface area contributed by atoms with E-state index in [4.69, 9.17) is 0 Å². The van der Waals surface area contributed by atoms with Gasteiger partial charge < -0.3 is 10.6 Å². The molecule has 1 fully saturated rings. The summed E-state index contributed by atoms with van der Waals surface area (Å²) in [6, 6.07) is 6.99. The number of alkyl halides is 3. The molecule has 0 spiro atoms. The van der Waals surface area contributed by atoms with E-state index in [2.05, 4.69) is 36.8 Å². The van der Waals surface area contributed by atoms with Gasteiger partial charge >= 0.3 is 6.18 Å². The summed E-state index contributed by atoms with van der Waals surface area (Å²) in [5.74, 6) is -0.940. The molecular weight excluding hydrogens is 505 g/mol. The first-order chi connectivity index (χ1) is 15.5. The SMILES string of the molecule is CC(C(=O)Nc1ccc(NC(=O)c2ccn(C)n2)cc1)n1nc(C(F)(F)F)c(Br)c1C1CC1. The molecule has 2 aromatic heterocycles. The van der Waals surface area contributed by atoms with Crippen molar-refractivity contribution in [2.45, 2.75) is 37.9 Å². The molecule has 1 aromatic carbocycles. The van der Waals surface area contributed by atoms with E-state index in [1.54, 1.807) is 43.6 Å². The number of anilines is 2. The van der Waals surface area contributed by atoms with Crippen molar-refractivity contribution in [1.29, 1.82) is 0 Å². The van der Waals surface area contributed by atoms with Gasteiger partial charge in [-0.15, -0.1) is 0 Å². The zero-order chi connectivity index (χ0) is 23.9. The van der Waals surface area contributed by atoms with Crippen LogP contribution in [0.5, 0.6) is 0 Å². The minimum Gasteiger partial charge on any atom is -0.324 e. The van der Waals surface area contributed by atoms with Gasteiger partial charge in [0.1, 0.15) is 6.04 Å². The second-order valence-electron chi connectivity index (χ2n) is 7.84. The molecule has 0 bridgehead atoms. The molecule has 8 nitrogen and oxygen atoms in total. The maximum atomic E-state index is 13.3. The van der Waals surface area contributed by atoms with Crippen LogP contribution in [0.4, 0.5) is 24.5 Å². The molecule has 2 amide bonds. The summed E-state index contributed by atoms with van der Waals surface area (Å²) in [5, 5.41) is 13.1. The number of carbonyl (C=O) groups is 2. The highest BCUT2D eigenvalue weighted by atomic mass is 79.9. The molecule has 0 aliphatic heterocycles. The number of nitrogens with zero attached hydrogens (tertiary/aromatic N) is 4. The summed E-state index contributed by atoms with van der Waals surface area (Å²) in [7, 11) is 1.70. The maximum absolute atomic E-state index is 13.3. The molecule has 0 saturated heterocycles. The fourth-order valence-corrected chi connectivity index (χ4v) is 4.16. The van der Waals surface area contributed by atoms with E-state index in [0.29, 0.717) is 17.1 Å². The summed E-state index contributed by atoms with van der Waals surface area (Å²) >= 11 is 3.03. The highest BCUT2D eigenvalue weighted by Crippen LogP contribution is 2.47. The second-order valence-corrected chi connectivity index (χ2v) is 8.63. The lowest BCUT2D eigenvalue weighted by atomic mass is 10.2. The lowest BCUT2D eigenvalue weighted by Gasteiger charge is -2.16. The monoisotopic (exact) mass is 524 g/mol. The number of benzene rings is 1. The Labute approximate surface area is 195 Å². The van der Waals surface area contributed by atoms with Crippen LogP contribution in [-0.2, 0) is 18.0 Å². The van der Waals surface area contributed by atoms with Crippen molar-refractivity contribution in [3.63, 3.8) is 0 Å². The molecule has 1 atom stereocenters. The fraction of sp³-hybridized carbons (Fsp3) is 0.333. The quantitative estimate of drug-likeness (QED) is 0.487. The standard InChI is InChI=1S/C21H20BrF3N6O2/c1-11(31-17(12-3-4-12)16(22)18(29-31)21(23,24)25)19(32)26-13-5-7-14(8-6-13)27-20(33)15-9-10-30(2)28-15/h5-12H,3-4H2,1-2H3,(H,26,32)(H,27,33). The van der Waals surface area contributed by atoms with E-state index in [-0.39, 0.29) is 22.0 Å². The van der Waals surface area contributed by atoms with Crippen molar-refractivity contribution in [2.24, 2.45) is 7.05 Å². The van der Waals surface area contributed by atoms with Crippen LogP contribution >= 0.6 is 15.9 Å². The van der Waals surface area contributed by atoms with Crippen molar-refractivity contribution in [3.8, 4) is 0 Å². The van der Waals surface area contributed by atoms with Crippen LogP contribution in [0.1, 0.15) is 53.6 Å². The van der Waals surface area contributed by atoms with Gasteiger partial charge in [0.2, 0.25) is 5.91 Å². The van der Waals surface area contributed by atoms with E-state index >= 15 is 0 Å². The van der Waals surface area contributed by atoms with E-state index in [9.17, 15) is 22.8 Å². The fourth-order valence-electron chi connectivity index (χ4n) is 3.35. The molecule has 4 rings (SSSR count). The van der Waals surface area contributed by atoms with Gasteiger partial charge in [-0.2, -0.15) is 23.4 Å². The molecule has 2 N–H and O–H groups in total. The number of aromatic nitrogens is 4. The van der Waals surface area contributed by atoms with Gasteiger partial charge in [-0.3, -0.25) is 19.0 Å². The molecule has 12 heteroatoms. The predicted molar refractivity (Wildman–Crippen MR) is 118 cm³/mol. The number of amides is 2. The number of halogens is 4. The van der Waals surface area contributed by atoms with Gasteiger partial charge in [0.25, 0.3) is 5.91 Å². The van der Waals surface area contributed by atoms with E-state index < -0.39 is 23.8 Å². The molecule has 1 unspecified atom stereocenters. The van der Waals surface area contributed by atoms with Crippen LogP contribution in [-0.4, -0.2) is 31.4 Å². The molecule has 1 aliphatic rings. The summed E-state index contributed by atoms with van der Waals surface area (Å²) < 4.78 is 42.6. The average molecular weight is 525 g/mol. The largest absolute Gasteiger partial charge is 0.436 e. The Morgan fingerprint density at radius 2 is 1.70 bits per heavy atom. The molecule has 33 heavy (non-hydrogen) atoms. The third-order valence-electron chi connectivity index (χ3n) is 5.22. The van der Waals surface area contributed by atoms with Crippen molar-refractivity contribution < 1.29 is 22.8 Å². The number of aryl methyl sites for hydroxylation is 1. The Hall–Kier alpha value is -3.15. The Kier molecular flexibility index (Phi) is 6.04. The smallest absolute Gasteiger partial charge is 0.324 e. The van der Waals surface area contributed by atoms with E-state index in [0.717, 1.165) is 17.5 Å². The van der Waals surface area contributed by atoms with E-state index in [1.165, 1.54) is 11.6 Å². The van der Waals surface area contributed by atoms with Crippen LogP contribution in [0.15, 0.2) is 41.0 Å². The first-order valence-electron chi connectivity index (χ1n) is 10.1. The van der Waals surface area contributed by atoms with Gasteiger partial charge in [-0.05, 0) is 66.0 Å². The summed E-state index contributed by atoms with van der Waals surface area (Å²) in [6.45, 7) is 1.50. The molecule has 1 saturated carbocycles. The molecule has 174 valence electrons. The number of carbonyl (C=O) groups excluding carboxylic acids is 2. The molecule has 0 radical (unpaired) electrons. The number of rotatable bonds is 6. The summed E-state index contributed by atoms with van der Waals surface area (Å²) in [5.41, 5.74) is 0.546.